The largest absolute Gasteiger partial charge is 0.452 e. The molecule has 0 aliphatic carbocycles. The van der Waals surface area contributed by atoms with Crippen molar-refractivity contribution in [3.8, 4) is 0 Å². The lowest BCUT2D eigenvalue weighted by atomic mass is 10.1. The fourth-order valence-corrected chi connectivity index (χ4v) is 2.14. The summed E-state index contributed by atoms with van der Waals surface area (Å²) in [5.41, 5.74) is 1.93. The number of amides is 1. The Morgan fingerprint density at radius 2 is 1.79 bits per heavy atom. The molecular weight excluding hydrogens is 311 g/mol. The molecule has 5 nitrogen and oxygen atoms in total. The zero-order valence-corrected chi connectivity index (χ0v) is 13.3. The lowest BCUT2D eigenvalue weighted by Crippen LogP contribution is -2.30. The van der Waals surface area contributed by atoms with Crippen molar-refractivity contribution in [2.24, 2.45) is 0 Å². The second kappa shape index (κ2) is 8.67. The average molecular weight is 330 g/mol. The Morgan fingerprint density at radius 1 is 1.08 bits per heavy atom. The number of carbonyl (C=O) groups excluding carboxylic acids is 2. The maximum atomic E-state index is 12.8. The monoisotopic (exact) mass is 330 g/mol. The second-order valence-corrected chi connectivity index (χ2v) is 5.10. The summed E-state index contributed by atoms with van der Waals surface area (Å²) in [5.74, 6) is -1.24. The van der Waals surface area contributed by atoms with E-state index in [1.54, 1.807) is 43.4 Å². The van der Waals surface area contributed by atoms with E-state index in [1.165, 1.54) is 12.1 Å². The van der Waals surface area contributed by atoms with Gasteiger partial charge in [0.05, 0.1) is 5.56 Å². The zero-order valence-electron chi connectivity index (χ0n) is 13.3. The van der Waals surface area contributed by atoms with E-state index in [2.05, 4.69) is 10.6 Å². The predicted molar refractivity (Wildman–Crippen MR) is 89.4 cm³/mol. The molecule has 0 aromatic heterocycles. The van der Waals surface area contributed by atoms with Crippen LogP contribution >= 0.6 is 0 Å². The van der Waals surface area contributed by atoms with Crippen molar-refractivity contribution in [2.45, 2.75) is 6.42 Å². The van der Waals surface area contributed by atoms with Crippen LogP contribution in [0, 0.1) is 5.82 Å². The summed E-state index contributed by atoms with van der Waals surface area (Å²) in [6.07, 6.45) is 0.572. The highest BCUT2D eigenvalue weighted by Crippen LogP contribution is 2.15. The summed E-state index contributed by atoms with van der Waals surface area (Å²) < 4.78 is 17.8. The average Bonchev–Trinajstić information content (AvgIpc) is 2.61. The molecule has 0 fully saturated rings. The van der Waals surface area contributed by atoms with Gasteiger partial charge in [0.25, 0.3) is 5.91 Å². The zero-order chi connectivity index (χ0) is 17.4. The minimum atomic E-state index is -0.561. The molecule has 0 aliphatic rings. The number of hydrogen-bond donors (Lipinski definition) is 2. The number of ether oxygens (including phenoxy) is 1. The molecule has 0 radical (unpaired) electrons. The van der Waals surface area contributed by atoms with Crippen LogP contribution in [0.2, 0.25) is 0 Å². The minimum absolute atomic E-state index is 0.295. The fourth-order valence-electron chi connectivity index (χ4n) is 2.14. The number of rotatable bonds is 7. The van der Waals surface area contributed by atoms with Crippen molar-refractivity contribution < 1.29 is 18.7 Å². The van der Waals surface area contributed by atoms with E-state index in [4.69, 9.17) is 4.74 Å². The van der Waals surface area contributed by atoms with Crippen molar-refractivity contribution in [2.75, 3.05) is 25.5 Å². The molecule has 0 saturated carbocycles. The summed E-state index contributed by atoms with van der Waals surface area (Å²) in [5, 5.41) is 5.55. The first-order valence-electron chi connectivity index (χ1n) is 7.55. The highest BCUT2D eigenvalue weighted by molar-refractivity contribution is 5.96. The van der Waals surface area contributed by atoms with E-state index in [9.17, 15) is 14.0 Å². The van der Waals surface area contributed by atoms with Gasteiger partial charge < -0.3 is 15.4 Å². The Labute approximate surface area is 139 Å². The number of esters is 1. The van der Waals surface area contributed by atoms with Gasteiger partial charge in [-0.1, -0.05) is 24.3 Å². The Morgan fingerprint density at radius 3 is 2.50 bits per heavy atom. The molecule has 1 amide bonds. The van der Waals surface area contributed by atoms with Gasteiger partial charge in [-0.25, -0.2) is 9.18 Å². The van der Waals surface area contributed by atoms with Crippen LogP contribution in [0.3, 0.4) is 0 Å². The van der Waals surface area contributed by atoms with E-state index >= 15 is 0 Å². The van der Waals surface area contributed by atoms with Crippen LogP contribution < -0.4 is 10.6 Å². The number of hydrogen-bond acceptors (Lipinski definition) is 4. The molecule has 0 unspecified atom stereocenters. The van der Waals surface area contributed by atoms with Gasteiger partial charge in [-0.15, -0.1) is 0 Å². The van der Waals surface area contributed by atoms with Crippen molar-refractivity contribution >= 4 is 17.6 Å². The van der Waals surface area contributed by atoms with Gasteiger partial charge in [0, 0.05) is 19.3 Å². The maximum Gasteiger partial charge on any atom is 0.340 e. The summed E-state index contributed by atoms with van der Waals surface area (Å²) in [7, 11) is 1.70. The number of para-hydroxylation sites is 1. The van der Waals surface area contributed by atoms with Crippen LogP contribution in [0.4, 0.5) is 10.1 Å². The maximum absolute atomic E-state index is 12.8. The van der Waals surface area contributed by atoms with Crippen LogP contribution in [0.15, 0.2) is 48.5 Å². The summed E-state index contributed by atoms with van der Waals surface area (Å²) in [4.78, 5) is 23.7. The van der Waals surface area contributed by atoms with Crippen molar-refractivity contribution in [3.63, 3.8) is 0 Å². The van der Waals surface area contributed by atoms with Gasteiger partial charge in [0.15, 0.2) is 6.61 Å². The molecule has 0 atom stereocenters. The van der Waals surface area contributed by atoms with Gasteiger partial charge >= 0.3 is 5.97 Å². The van der Waals surface area contributed by atoms with Crippen LogP contribution in [0.1, 0.15) is 15.9 Å². The highest BCUT2D eigenvalue weighted by atomic mass is 19.1. The summed E-state index contributed by atoms with van der Waals surface area (Å²) >= 11 is 0. The SMILES string of the molecule is CNc1ccccc1C(=O)OCC(=O)NCCc1ccc(F)cc1. The molecule has 126 valence electrons. The highest BCUT2D eigenvalue weighted by Gasteiger charge is 2.13. The lowest BCUT2D eigenvalue weighted by molar-refractivity contribution is -0.124. The van der Waals surface area contributed by atoms with E-state index < -0.39 is 5.97 Å². The van der Waals surface area contributed by atoms with Gasteiger partial charge in [-0.3, -0.25) is 4.79 Å². The molecular formula is C18H19FN2O3. The molecule has 2 aromatic carbocycles. The van der Waals surface area contributed by atoms with Crippen molar-refractivity contribution in [1.82, 2.24) is 5.32 Å². The molecule has 2 rings (SSSR count). The fraction of sp³-hybridized carbons (Fsp3) is 0.222. The number of benzene rings is 2. The molecule has 24 heavy (non-hydrogen) atoms. The second-order valence-electron chi connectivity index (χ2n) is 5.10. The van der Waals surface area contributed by atoms with Gasteiger partial charge in [-0.05, 0) is 36.2 Å². The Bertz CT molecular complexity index is 702. The Hall–Kier alpha value is -2.89. The van der Waals surface area contributed by atoms with Crippen LogP contribution in [-0.4, -0.2) is 32.1 Å². The van der Waals surface area contributed by atoms with Crippen LogP contribution in [0.25, 0.3) is 0 Å². The van der Waals surface area contributed by atoms with Gasteiger partial charge in [0.2, 0.25) is 0 Å². The number of carbonyl (C=O) groups is 2. The molecule has 0 spiro atoms. The number of nitrogens with one attached hydrogen (secondary N) is 2. The molecule has 2 N–H and O–H groups in total. The molecule has 0 bridgehead atoms. The lowest BCUT2D eigenvalue weighted by Gasteiger charge is -2.09. The molecule has 0 saturated heterocycles. The van der Waals surface area contributed by atoms with Gasteiger partial charge in [-0.2, -0.15) is 0 Å². The normalized spacial score (nSPS) is 10.1. The van der Waals surface area contributed by atoms with Crippen LogP contribution in [0.5, 0.6) is 0 Å². The minimum Gasteiger partial charge on any atom is -0.452 e. The first-order chi connectivity index (χ1) is 11.6. The van der Waals surface area contributed by atoms with Crippen molar-refractivity contribution in [3.05, 3.63) is 65.5 Å². The van der Waals surface area contributed by atoms with E-state index in [-0.39, 0.29) is 18.3 Å². The smallest absolute Gasteiger partial charge is 0.340 e. The topological polar surface area (TPSA) is 67.4 Å². The first kappa shape index (κ1) is 17.5. The third-order valence-corrected chi connectivity index (χ3v) is 3.40. The number of halogens is 1. The first-order valence-corrected chi connectivity index (χ1v) is 7.55. The third-order valence-electron chi connectivity index (χ3n) is 3.40. The molecule has 0 heterocycles. The number of anilines is 1. The predicted octanol–water partition coefficient (Wildman–Crippen LogP) is 2.38. The van der Waals surface area contributed by atoms with Crippen molar-refractivity contribution in [1.29, 1.82) is 0 Å². The summed E-state index contributed by atoms with van der Waals surface area (Å²) in [6.45, 7) is 0.0371. The Kier molecular flexibility index (Phi) is 6.31. The standard InChI is InChI=1S/C18H19FN2O3/c1-20-16-5-3-2-4-15(16)18(23)24-12-17(22)21-11-10-13-6-8-14(19)9-7-13/h2-9,20H,10-12H2,1H3,(H,21,22). The van der Waals surface area contributed by atoms with Crippen LogP contribution in [-0.2, 0) is 16.0 Å². The molecule has 0 aliphatic heterocycles. The van der Waals surface area contributed by atoms with E-state index in [0.29, 0.717) is 24.2 Å². The third kappa shape index (κ3) is 5.08. The van der Waals surface area contributed by atoms with E-state index in [0.717, 1.165) is 5.56 Å². The Balaban J connectivity index is 1.74. The van der Waals surface area contributed by atoms with E-state index in [1.807, 2.05) is 0 Å². The van der Waals surface area contributed by atoms with Gasteiger partial charge in [0.1, 0.15) is 5.82 Å². The quantitative estimate of drug-likeness (QED) is 0.765. The summed E-state index contributed by atoms with van der Waals surface area (Å²) in [6, 6.07) is 13.0. The molecule has 2 aromatic rings. The molecule has 6 heteroatoms.